The molecule has 3 N–H and O–H groups in total. The van der Waals surface area contributed by atoms with E-state index >= 15 is 0 Å². The van der Waals surface area contributed by atoms with Crippen molar-refractivity contribution < 1.29 is 79.3 Å². The van der Waals surface area contributed by atoms with Crippen molar-refractivity contribution in [3.05, 3.63) is 221 Å². The number of para-hydroxylation sites is 7. The van der Waals surface area contributed by atoms with Crippen LogP contribution in [0.5, 0.6) is 0 Å². The van der Waals surface area contributed by atoms with Gasteiger partial charge in [-0.15, -0.1) is 12.4 Å². The number of amides is 1. The quantitative estimate of drug-likeness (QED) is 0.0679. The third-order valence-electron chi connectivity index (χ3n) is 27.4. The van der Waals surface area contributed by atoms with Crippen LogP contribution in [0.15, 0.2) is 165 Å². The summed E-state index contributed by atoms with van der Waals surface area (Å²) in [5, 5.41) is 12.2. The molecule has 3 saturated carbocycles. The van der Waals surface area contributed by atoms with Crippen LogP contribution in [0.1, 0.15) is 273 Å². The predicted octanol–water partition coefficient (Wildman–Crippen LogP) is 9.70. The minimum absolute atomic E-state index is 0. The second kappa shape index (κ2) is 38.3. The van der Waals surface area contributed by atoms with Gasteiger partial charge in [-0.1, -0.05) is 187 Å². The molecule has 9 aliphatic rings. The maximum absolute atomic E-state index is 14.1. The molecule has 9 fully saturated rings. The molecule has 10 aromatic rings. The Balaban J connectivity index is 0.000000147. The molecule has 22 heteroatoms. The molecule has 0 radical (unpaired) electrons. The number of benzene rings is 6. The van der Waals surface area contributed by atoms with E-state index in [0.29, 0.717) is 94.2 Å². The zero-order chi connectivity index (χ0) is 74.9. The van der Waals surface area contributed by atoms with Gasteiger partial charge in [0.05, 0.1) is 50.0 Å². The number of nitrogens with zero attached hydrogens (tertiary/aromatic N) is 10. The number of carbonyl (C=O) groups excluding carboxylic acids is 2. The summed E-state index contributed by atoms with van der Waals surface area (Å²) in [6.07, 6.45) is 42.4. The van der Waals surface area contributed by atoms with Gasteiger partial charge in [-0.3, -0.25) is 43.1 Å². The summed E-state index contributed by atoms with van der Waals surface area (Å²) in [5.41, 5.74) is 13.9. The first-order valence-corrected chi connectivity index (χ1v) is 42.3. The zero-order valence-electron chi connectivity index (χ0n) is 66.8. The number of hydrogen-bond donors (Lipinski definition) is 1. The number of halogens is 1. The minimum Gasteiger partial charge on any atom is -0.870 e. The average Bonchev–Trinajstić information content (AvgIpc) is 0.974. The normalized spacial score (nSPS) is 24.5. The van der Waals surface area contributed by atoms with E-state index in [0.717, 1.165) is 77.2 Å². The molecule has 6 saturated heterocycles. The molecule has 0 spiro atoms. The van der Waals surface area contributed by atoms with Crippen LogP contribution in [-0.4, -0.2) is 119 Å². The molecule has 6 aromatic carbocycles. The van der Waals surface area contributed by atoms with Gasteiger partial charge >= 0.3 is 59.1 Å². The van der Waals surface area contributed by atoms with E-state index in [2.05, 4.69) is 14.7 Å². The molecule has 19 nitrogen and oxygen atoms in total. The van der Waals surface area contributed by atoms with E-state index in [1.807, 2.05) is 117 Å². The Labute approximate surface area is 718 Å². The Morgan fingerprint density at radius 1 is 0.342 bits per heavy atom. The number of aromatic nitrogens is 7. The summed E-state index contributed by atoms with van der Waals surface area (Å²) in [7, 11) is 0. The fourth-order valence-electron chi connectivity index (χ4n) is 22.6. The predicted molar refractivity (Wildman–Crippen MR) is 442 cm³/mol. The van der Waals surface area contributed by atoms with Gasteiger partial charge in [-0.2, -0.15) is 0 Å². The third-order valence-corrected chi connectivity index (χ3v) is 27.4. The molecule has 3 unspecified atom stereocenters. The van der Waals surface area contributed by atoms with E-state index in [-0.39, 0.29) is 135 Å². The standard InChI is InChI=1S/C31H38N4O2.C31H37N3O3.C30H34N4O2.ClH.2Na.H2O/c32-30(36)26-13-7-6-10-21(26)18-28-31(37)35(29-15-9-8-14-27(29)33-28)25-19-23-16-17-24(20-25)34(23)22-11-4-2-1-3-5-12-22;35-30-28(18-21-10-6-7-13-26(21)31(36)37)32-27-14-8-9-15-29(27)34(30)25-19-23-16-17-24(20-25)33(23)22-11-4-2-1-3-5-12-22;35-29-24-12-6-7-13-25(24)31-28-30(36)33(26-14-8-9-15-27(26)34(28)29)23-18-21-16-17-22(19-23)32(21)20-10-4-2-1-3-5-11-20;;;;/h6-10,13-15,22-25H,1-5,11-12,16-20H2,(H2,32,36);6-10,13-15,22-25H,1-5,11-12,16-20H2,(H,36,37);6-9,12-15,20-23H,1-5,10-11,16-19H2;1H;;;1H2/q;;;;2*+1;/p-2/t2*23-,24+,25?;21-,22+,23?;;;;. The first kappa shape index (κ1) is 85.2. The summed E-state index contributed by atoms with van der Waals surface area (Å²) in [5.74, 6) is -1.70. The first-order chi connectivity index (χ1) is 53.9. The number of carboxylic acid groups (broad SMARTS) is 1. The van der Waals surface area contributed by atoms with E-state index in [9.17, 15) is 33.9 Å². The van der Waals surface area contributed by atoms with Crippen molar-refractivity contribution in [2.45, 2.75) is 297 Å². The summed E-state index contributed by atoms with van der Waals surface area (Å²) < 4.78 is 7.58. The van der Waals surface area contributed by atoms with Gasteiger partial charge < -0.3 is 34.8 Å². The van der Waals surface area contributed by atoms with Gasteiger partial charge in [0.1, 0.15) is 11.4 Å². The van der Waals surface area contributed by atoms with Crippen molar-refractivity contribution in [1.82, 2.24) is 47.8 Å². The van der Waals surface area contributed by atoms with E-state index in [4.69, 9.17) is 20.7 Å². The average molecular weight is 1580 g/mol. The molecule has 1 amide bonds. The van der Waals surface area contributed by atoms with Crippen LogP contribution in [0, 0.1) is 0 Å². The topological polar surface area (TPSA) is 249 Å². The number of hydrogen-bond acceptors (Lipinski definition) is 14. The van der Waals surface area contributed by atoms with Crippen molar-refractivity contribution in [3.8, 4) is 0 Å². The minimum atomic E-state index is -1.23. The Kier molecular flexibility index (Phi) is 28.6. The molecule has 19 rings (SSSR count). The Hall–Kier alpha value is -6.72. The molecular formula is C92H110ClN11Na2O8. The number of carboxylic acids is 1. The number of fused-ring (bicyclic) bond motifs is 12. The first-order valence-electron chi connectivity index (χ1n) is 42.3. The van der Waals surface area contributed by atoms with Gasteiger partial charge in [0.15, 0.2) is 0 Å². The van der Waals surface area contributed by atoms with Crippen LogP contribution in [0.4, 0.5) is 0 Å². The third kappa shape index (κ3) is 17.4. The van der Waals surface area contributed by atoms with Crippen LogP contribution >= 0.6 is 12.4 Å². The van der Waals surface area contributed by atoms with Crippen LogP contribution in [-0.2, 0) is 12.8 Å². The van der Waals surface area contributed by atoms with Gasteiger partial charge in [0, 0.05) is 96.5 Å². The fourth-order valence-corrected chi connectivity index (χ4v) is 22.6. The number of carbonyl (C=O) groups is 2. The second-order valence-electron chi connectivity index (χ2n) is 33.9. The molecule has 6 aliphatic heterocycles. The molecule has 6 bridgehead atoms. The SMILES string of the molecule is Cl.NC(=O)c1ccccc1Cc1nc2ccccc2n(C2C[C@H]3CC[C@@H](C2)N3C2CCCCCCC2)c1=O.O=C([O-])c1ccccc1Cc1nc2ccccc2n(C2C[C@H]3CC[C@@H](C2)N3C2CCCCCCC2)c1=O.O=c1c2nc3ccccc3c(=O)n2c2ccccc2n1C1C[C@H]2CC[C@@H](C1)N2C1CCCCCCC1.[Na+].[Na+].[OH-]. The number of piperidine rings is 3. The molecular weight excluding hydrogens is 1470 g/mol. The van der Waals surface area contributed by atoms with Crippen molar-refractivity contribution in [2.24, 2.45) is 5.73 Å². The molecule has 114 heavy (non-hydrogen) atoms. The van der Waals surface area contributed by atoms with Gasteiger partial charge in [-0.25, -0.2) is 15.0 Å². The Morgan fingerprint density at radius 2 is 0.658 bits per heavy atom. The van der Waals surface area contributed by atoms with Crippen LogP contribution in [0.2, 0.25) is 0 Å². The molecule has 9 atom stereocenters. The van der Waals surface area contributed by atoms with E-state index in [1.54, 1.807) is 36.4 Å². The number of rotatable bonds is 12. The summed E-state index contributed by atoms with van der Waals surface area (Å²) in [6.45, 7) is 0. The van der Waals surface area contributed by atoms with Gasteiger partial charge in [0.2, 0.25) is 11.6 Å². The smallest absolute Gasteiger partial charge is 0.870 e. The second-order valence-corrected chi connectivity index (χ2v) is 33.9. The number of nitrogens with two attached hydrogens (primary N) is 1. The van der Waals surface area contributed by atoms with Crippen molar-refractivity contribution in [3.63, 3.8) is 0 Å². The number of aromatic carboxylic acids is 1. The van der Waals surface area contributed by atoms with Gasteiger partial charge in [0.25, 0.3) is 22.2 Å². The molecule has 10 heterocycles. The molecule has 4 aromatic heterocycles. The maximum atomic E-state index is 14.1. The number of primary amides is 1. The Morgan fingerprint density at radius 3 is 1.05 bits per heavy atom. The molecule has 3 aliphatic carbocycles. The van der Waals surface area contributed by atoms with Crippen LogP contribution < -0.4 is 92.2 Å². The van der Waals surface area contributed by atoms with E-state index < -0.39 is 11.9 Å². The van der Waals surface area contributed by atoms with Crippen molar-refractivity contribution >= 4 is 73.9 Å². The summed E-state index contributed by atoms with van der Waals surface area (Å²) in [6, 6.07) is 51.0. The summed E-state index contributed by atoms with van der Waals surface area (Å²) in [4.78, 5) is 102. The van der Waals surface area contributed by atoms with Gasteiger partial charge in [-0.05, 0) is 181 Å². The zero-order valence-corrected chi connectivity index (χ0v) is 71.6. The Bertz CT molecular complexity index is 5050. The van der Waals surface area contributed by atoms with Crippen LogP contribution in [0.3, 0.4) is 0 Å². The largest absolute Gasteiger partial charge is 1.00 e. The monoisotopic (exact) mass is 1580 g/mol. The van der Waals surface area contributed by atoms with Crippen molar-refractivity contribution in [1.29, 1.82) is 0 Å². The summed E-state index contributed by atoms with van der Waals surface area (Å²) >= 11 is 0. The fraction of sp³-hybridized carbons (Fsp3) is 0.511. The maximum Gasteiger partial charge on any atom is 1.00 e. The van der Waals surface area contributed by atoms with E-state index in [1.165, 1.54) is 184 Å². The van der Waals surface area contributed by atoms with Crippen LogP contribution in [0.25, 0.3) is 49.7 Å². The molecule has 590 valence electrons. The van der Waals surface area contributed by atoms with Crippen molar-refractivity contribution in [2.75, 3.05) is 0 Å².